The van der Waals surface area contributed by atoms with Crippen molar-refractivity contribution in [2.24, 2.45) is 0 Å². The van der Waals surface area contributed by atoms with Crippen LogP contribution in [-0.2, 0) is 10.0 Å². The second-order valence-corrected chi connectivity index (χ2v) is 6.07. The van der Waals surface area contributed by atoms with Crippen LogP contribution in [0, 0.1) is 11.6 Å². The number of carboxylic acid groups (broad SMARTS) is 1. The van der Waals surface area contributed by atoms with Crippen molar-refractivity contribution >= 4 is 16.0 Å². The van der Waals surface area contributed by atoms with Crippen LogP contribution in [0.4, 0.5) is 8.78 Å². The number of carboxylic acids is 1. The van der Waals surface area contributed by atoms with Crippen molar-refractivity contribution in [1.29, 1.82) is 0 Å². The maximum absolute atomic E-state index is 14.0. The predicted octanol–water partition coefficient (Wildman–Crippen LogP) is 1.06. The molecule has 9 heteroatoms. The van der Waals surface area contributed by atoms with Gasteiger partial charge in [0.2, 0.25) is 10.0 Å². The molecule has 0 atom stereocenters. The summed E-state index contributed by atoms with van der Waals surface area (Å²) in [6.45, 7) is 0.953. The van der Waals surface area contributed by atoms with Crippen LogP contribution in [0.1, 0.15) is 23.7 Å². The molecule has 1 rings (SSSR count). The van der Waals surface area contributed by atoms with Gasteiger partial charge in [-0.2, -0.15) is 4.31 Å². The topological polar surface area (TPSA) is 94.9 Å². The molecule has 0 aliphatic rings. The lowest BCUT2D eigenvalue weighted by Gasteiger charge is -2.21. The van der Waals surface area contributed by atoms with Gasteiger partial charge in [-0.1, -0.05) is 6.92 Å². The van der Waals surface area contributed by atoms with E-state index in [2.05, 4.69) is 0 Å². The van der Waals surface area contributed by atoms with Crippen molar-refractivity contribution in [3.05, 3.63) is 29.3 Å². The number of rotatable bonds is 7. The number of aliphatic hydroxyl groups is 1. The van der Waals surface area contributed by atoms with E-state index in [1.807, 2.05) is 0 Å². The molecule has 0 unspecified atom stereocenters. The van der Waals surface area contributed by atoms with Crippen LogP contribution in [0.3, 0.4) is 0 Å². The quantitative estimate of drug-likeness (QED) is 0.782. The average molecular weight is 323 g/mol. The Morgan fingerprint density at radius 3 is 2.38 bits per heavy atom. The minimum absolute atomic E-state index is 0.0160. The van der Waals surface area contributed by atoms with Gasteiger partial charge in [0.05, 0.1) is 6.61 Å². The molecular formula is C12H15F2NO5S. The Hall–Kier alpha value is -1.58. The van der Waals surface area contributed by atoms with E-state index in [9.17, 15) is 22.0 Å². The van der Waals surface area contributed by atoms with Crippen molar-refractivity contribution in [3.63, 3.8) is 0 Å². The van der Waals surface area contributed by atoms with Gasteiger partial charge in [0.1, 0.15) is 16.3 Å². The summed E-state index contributed by atoms with van der Waals surface area (Å²) in [4.78, 5) is 9.89. The maximum Gasteiger partial charge on any atom is 0.341 e. The summed E-state index contributed by atoms with van der Waals surface area (Å²) in [5.41, 5.74) is -1.32. The molecule has 2 N–H and O–H groups in total. The highest BCUT2D eigenvalue weighted by molar-refractivity contribution is 7.89. The zero-order chi connectivity index (χ0) is 16.2. The number of hydrogen-bond donors (Lipinski definition) is 2. The molecule has 1 aromatic carbocycles. The second kappa shape index (κ2) is 6.92. The lowest BCUT2D eigenvalue weighted by atomic mass is 10.2. The van der Waals surface area contributed by atoms with Crippen LogP contribution in [0.15, 0.2) is 17.0 Å². The molecule has 0 spiro atoms. The van der Waals surface area contributed by atoms with E-state index in [4.69, 9.17) is 10.2 Å². The lowest BCUT2D eigenvalue weighted by Crippen LogP contribution is -2.35. The van der Waals surface area contributed by atoms with E-state index in [0.717, 1.165) is 4.31 Å². The van der Waals surface area contributed by atoms with Gasteiger partial charge in [0.15, 0.2) is 5.82 Å². The van der Waals surface area contributed by atoms with E-state index in [1.165, 1.54) is 0 Å². The smallest absolute Gasteiger partial charge is 0.341 e. The van der Waals surface area contributed by atoms with Crippen LogP contribution in [0.2, 0.25) is 0 Å². The van der Waals surface area contributed by atoms with E-state index < -0.39 is 44.7 Å². The molecule has 21 heavy (non-hydrogen) atoms. The molecule has 0 fully saturated rings. The summed E-state index contributed by atoms with van der Waals surface area (Å²) in [5.74, 6) is -4.91. The average Bonchev–Trinajstić information content (AvgIpc) is 2.37. The number of hydrogen-bond acceptors (Lipinski definition) is 4. The Bertz CT molecular complexity index is 627. The summed E-state index contributed by atoms with van der Waals surface area (Å²) in [6.07, 6.45) is 0.411. The predicted molar refractivity (Wildman–Crippen MR) is 69.5 cm³/mol. The molecule has 0 aliphatic heterocycles. The Kier molecular flexibility index (Phi) is 5.76. The number of aliphatic hydroxyl groups excluding tert-OH is 1. The van der Waals surface area contributed by atoms with Crippen molar-refractivity contribution in [3.8, 4) is 0 Å². The zero-order valence-electron chi connectivity index (χ0n) is 11.2. The Morgan fingerprint density at radius 1 is 1.29 bits per heavy atom. The molecule has 0 bridgehead atoms. The number of halogens is 2. The van der Waals surface area contributed by atoms with Crippen molar-refractivity contribution < 1.29 is 32.2 Å². The van der Waals surface area contributed by atoms with Crippen molar-refractivity contribution in [2.75, 3.05) is 19.7 Å². The highest BCUT2D eigenvalue weighted by Gasteiger charge is 2.31. The van der Waals surface area contributed by atoms with Gasteiger partial charge < -0.3 is 10.2 Å². The zero-order valence-corrected chi connectivity index (χ0v) is 12.0. The van der Waals surface area contributed by atoms with Gasteiger partial charge in [-0.25, -0.2) is 22.0 Å². The van der Waals surface area contributed by atoms with Crippen LogP contribution in [-0.4, -0.2) is 48.6 Å². The molecule has 0 aliphatic carbocycles. The fourth-order valence-corrected chi connectivity index (χ4v) is 3.37. The fraction of sp³-hybridized carbons (Fsp3) is 0.417. The number of benzene rings is 1. The number of aromatic carboxylic acids is 1. The summed E-state index contributed by atoms with van der Waals surface area (Å²) in [7, 11) is -4.36. The molecular weight excluding hydrogens is 308 g/mol. The van der Waals surface area contributed by atoms with Gasteiger partial charge in [-0.3, -0.25) is 0 Å². The van der Waals surface area contributed by atoms with E-state index in [1.54, 1.807) is 6.92 Å². The minimum Gasteiger partial charge on any atom is -0.477 e. The van der Waals surface area contributed by atoms with Crippen LogP contribution in [0.5, 0.6) is 0 Å². The molecule has 118 valence electrons. The third kappa shape index (κ3) is 3.55. The van der Waals surface area contributed by atoms with E-state index in [0.29, 0.717) is 18.6 Å². The maximum atomic E-state index is 14.0. The monoisotopic (exact) mass is 323 g/mol. The summed E-state index contributed by atoms with van der Waals surface area (Å²) in [5, 5.41) is 17.6. The van der Waals surface area contributed by atoms with Crippen molar-refractivity contribution in [2.45, 2.75) is 18.2 Å². The molecule has 0 saturated heterocycles. The third-order valence-electron chi connectivity index (χ3n) is 2.71. The van der Waals surface area contributed by atoms with Crippen LogP contribution < -0.4 is 0 Å². The van der Waals surface area contributed by atoms with E-state index >= 15 is 0 Å². The molecule has 0 saturated carbocycles. The first kappa shape index (κ1) is 17.5. The van der Waals surface area contributed by atoms with E-state index in [-0.39, 0.29) is 13.1 Å². The highest BCUT2D eigenvalue weighted by atomic mass is 32.2. The third-order valence-corrected chi connectivity index (χ3v) is 4.63. The van der Waals surface area contributed by atoms with Gasteiger partial charge in [0, 0.05) is 13.1 Å². The summed E-state index contributed by atoms with van der Waals surface area (Å²) in [6, 6.07) is 1.26. The Balaban J connectivity index is 3.44. The first-order chi connectivity index (χ1) is 9.77. The molecule has 0 aromatic heterocycles. The van der Waals surface area contributed by atoms with Crippen LogP contribution >= 0.6 is 0 Å². The second-order valence-electron chi connectivity index (χ2n) is 4.17. The first-order valence-corrected chi connectivity index (χ1v) is 7.53. The van der Waals surface area contributed by atoms with Gasteiger partial charge in [-0.15, -0.1) is 0 Å². The molecule has 0 radical (unpaired) electrons. The normalized spacial score (nSPS) is 11.9. The summed E-state index contributed by atoms with van der Waals surface area (Å²) >= 11 is 0. The minimum atomic E-state index is -4.36. The SMILES string of the molecule is CCCN(CCO)S(=O)(=O)c1ccc(F)c(C(=O)O)c1F. The molecule has 0 heterocycles. The van der Waals surface area contributed by atoms with Gasteiger partial charge >= 0.3 is 5.97 Å². The molecule has 1 aromatic rings. The van der Waals surface area contributed by atoms with Gasteiger partial charge in [-0.05, 0) is 18.6 Å². The first-order valence-electron chi connectivity index (χ1n) is 6.09. The number of carbonyl (C=O) groups is 1. The Morgan fingerprint density at radius 2 is 1.90 bits per heavy atom. The summed E-state index contributed by atoms with van der Waals surface area (Å²) < 4.78 is 52.7. The number of sulfonamides is 1. The standard InChI is InChI=1S/C12H15F2NO5S/c1-2-5-15(6-7-16)21(19,20)9-4-3-8(13)10(11(9)14)12(17)18/h3-4,16H,2,5-7H2,1H3,(H,17,18). The van der Waals surface area contributed by atoms with Crippen molar-refractivity contribution in [1.82, 2.24) is 4.31 Å². The van der Waals surface area contributed by atoms with Gasteiger partial charge in [0.25, 0.3) is 0 Å². The fourth-order valence-electron chi connectivity index (χ4n) is 1.78. The lowest BCUT2D eigenvalue weighted by molar-refractivity contribution is 0.0685. The number of nitrogens with zero attached hydrogens (tertiary/aromatic N) is 1. The Labute approximate surface area is 120 Å². The molecule has 6 nitrogen and oxygen atoms in total. The highest BCUT2D eigenvalue weighted by Crippen LogP contribution is 2.24. The largest absolute Gasteiger partial charge is 0.477 e. The van der Waals surface area contributed by atoms with Crippen LogP contribution in [0.25, 0.3) is 0 Å². The molecule has 0 amide bonds.